The molecule has 1 N–H and O–H groups in total. The van der Waals surface area contributed by atoms with Gasteiger partial charge < -0.3 is 5.11 Å². The molecule has 0 aliphatic rings. The Balaban J connectivity index is 2.33. The van der Waals surface area contributed by atoms with Gasteiger partial charge in [0.15, 0.2) is 0 Å². The summed E-state index contributed by atoms with van der Waals surface area (Å²) in [5.74, 6) is 0.510. The fraction of sp³-hybridized carbons (Fsp3) is 0.222. The second-order valence-corrected chi connectivity index (χ2v) is 3.01. The lowest BCUT2D eigenvalue weighted by Gasteiger charge is -1.99. The minimum Gasteiger partial charge on any atom is -0.392 e. The molecule has 5 heteroatoms. The molecule has 2 aromatic rings. The van der Waals surface area contributed by atoms with E-state index in [0.717, 1.165) is 5.56 Å². The summed E-state index contributed by atoms with van der Waals surface area (Å²) < 4.78 is 1.59. The van der Waals surface area contributed by atoms with Crippen molar-refractivity contribution in [2.45, 2.75) is 13.5 Å². The van der Waals surface area contributed by atoms with E-state index in [0.29, 0.717) is 11.5 Å². The van der Waals surface area contributed by atoms with Crippen molar-refractivity contribution in [3.8, 4) is 5.95 Å². The zero-order valence-corrected chi connectivity index (χ0v) is 7.75. The summed E-state index contributed by atoms with van der Waals surface area (Å²) in [6.45, 7) is 1.91. The van der Waals surface area contributed by atoms with Crippen LogP contribution in [0.5, 0.6) is 0 Å². The molecule has 0 spiro atoms. The van der Waals surface area contributed by atoms with Crippen LogP contribution in [0.2, 0.25) is 0 Å². The van der Waals surface area contributed by atoms with Crippen molar-refractivity contribution in [2.75, 3.05) is 0 Å². The third kappa shape index (κ3) is 1.62. The van der Waals surface area contributed by atoms with Crippen molar-refractivity contribution in [1.29, 1.82) is 0 Å². The molecule has 0 radical (unpaired) electrons. The van der Waals surface area contributed by atoms with Crippen molar-refractivity contribution in [3.05, 3.63) is 35.9 Å². The molecule has 2 heterocycles. The molecule has 0 aliphatic carbocycles. The van der Waals surface area contributed by atoms with Gasteiger partial charge in [0.1, 0.15) is 0 Å². The van der Waals surface area contributed by atoms with Crippen LogP contribution in [0.4, 0.5) is 0 Å². The predicted molar refractivity (Wildman–Crippen MR) is 49.8 cm³/mol. The van der Waals surface area contributed by atoms with Gasteiger partial charge in [-0.25, -0.2) is 14.6 Å². The Morgan fingerprint density at radius 1 is 1.29 bits per heavy atom. The highest BCUT2D eigenvalue weighted by molar-refractivity contribution is 5.15. The van der Waals surface area contributed by atoms with Crippen LogP contribution in [0.1, 0.15) is 11.1 Å². The molecule has 0 atom stereocenters. The maximum Gasteiger partial charge on any atom is 0.250 e. The van der Waals surface area contributed by atoms with E-state index in [9.17, 15) is 0 Å². The smallest absolute Gasteiger partial charge is 0.250 e. The maximum atomic E-state index is 8.80. The van der Waals surface area contributed by atoms with Crippen LogP contribution in [-0.2, 0) is 6.61 Å². The Bertz CT molecular complexity index is 421. The van der Waals surface area contributed by atoms with Crippen molar-refractivity contribution >= 4 is 0 Å². The monoisotopic (exact) mass is 190 g/mol. The van der Waals surface area contributed by atoms with Crippen molar-refractivity contribution in [3.63, 3.8) is 0 Å². The SMILES string of the molecule is Cc1cnn(-c2ncc(CO)cn2)c1. The Morgan fingerprint density at radius 3 is 2.50 bits per heavy atom. The van der Waals surface area contributed by atoms with Crippen LogP contribution in [0.3, 0.4) is 0 Å². The van der Waals surface area contributed by atoms with E-state index >= 15 is 0 Å². The molecule has 0 saturated heterocycles. The number of aromatic nitrogens is 4. The number of nitrogens with zero attached hydrogens (tertiary/aromatic N) is 4. The lowest BCUT2D eigenvalue weighted by molar-refractivity contribution is 0.281. The molecule has 2 rings (SSSR count). The quantitative estimate of drug-likeness (QED) is 0.747. The van der Waals surface area contributed by atoms with Gasteiger partial charge in [-0.1, -0.05) is 0 Å². The second-order valence-electron chi connectivity index (χ2n) is 3.01. The highest BCUT2D eigenvalue weighted by Crippen LogP contribution is 2.02. The Morgan fingerprint density at radius 2 is 2.00 bits per heavy atom. The van der Waals surface area contributed by atoms with Crippen LogP contribution in [0, 0.1) is 6.92 Å². The molecular formula is C9H10N4O. The summed E-state index contributed by atoms with van der Waals surface area (Å²) in [6.07, 6.45) is 6.75. The normalized spacial score (nSPS) is 10.4. The Hall–Kier alpha value is -1.75. The molecule has 5 nitrogen and oxygen atoms in total. The first-order valence-corrected chi connectivity index (χ1v) is 4.23. The van der Waals surface area contributed by atoms with E-state index in [2.05, 4.69) is 15.1 Å². The molecule has 0 fully saturated rings. The molecular weight excluding hydrogens is 180 g/mol. The van der Waals surface area contributed by atoms with E-state index in [-0.39, 0.29) is 6.61 Å². The van der Waals surface area contributed by atoms with E-state index in [1.54, 1.807) is 23.3 Å². The molecule has 14 heavy (non-hydrogen) atoms. The van der Waals surface area contributed by atoms with Crippen LogP contribution in [-0.4, -0.2) is 24.9 Å². The minimum absolute atomic E-state index is 0.0432. The summed E-state index contributed by atoms with van der Waals surface area (Å²) in [6, 6.07) is 0. The number of aliphatic hydroxyl groups excluding tert-OH is 1. The lowest BCUT2D eigenvalue weighted by Crippen LogP contribution is -2.01. The summed E-state index contributed by atoms with van der Waals surface area (Å²) in [5.41, 5.74) is 1.75. The van der Waals surface area contributed by atoms with E-state index < -0.39 is 0 Å². The zero-order chi connectivity index (χ0) is 9.97. The first kappa shape index (κ1) is 8.83. The van der Waals surface area contributed by atoms with E-state index in [4.69, 9.17) is 5.11 Å². The van der Waals surface area contributed by atoms with Gasteiger partial charge in [-0.2, -0.15) is 5.10 Å². The van der Waals surface area contributed by atoms with Gasteiger partial charge in [-0.15, -0.1) is 0 Å². The number of aliphatic hydroxyl groups is 1. The first-order chi connectivity index (χ1) is 6.79. The van der Waals surface area contributed by atoms with Crippen LogP contribution in [0.15, 0.2) is 24.8 Å². The Labute approximate surface area is 81.1 Å². The molecule has 0 aliphatic heterocycles. The summed E-state index contributed by atoms with van der Waals surface area (Å²) in [4.78, 5) is 8.12. The fourth-order valence-electron chi connectivity index (χ4n) is 1.07. The second kappa shape index (κ2) is 3.55. The maximum absolute atomic E-state index is 8.80. The third-order valence-electron chi connectivity index (χ3n) is 1.79. The summed E-state index contributed by atoms with van der Waals surface area (Å²) in [5, 5.41) is 12.9. The number of hydrogen-bond acceptors (Lipinski definition) is 4. The van der Waals surface area contributed by atoms with Crippen molar-refractivity contribution in [1.82, 2.24) is 19.7 Å². The van der Waals surface area contributed by atoms with Crippen LogP contribution < -0.4 is 0 Å². The lowest BCUT2D eigenvalue weighted by atomic mass is 10.4. The highest BCUT2D eigenvalue weighted by Gasteiger charge is 2.00. The molecule has 0 aromatic carbocycles. The molecule has 72 valence electrons. The molecule has 0 bridgehead atoms. The van der Waals surface area contributed by atoms with Crippen molar-refractivity contribution < 1.29 is 5.11 Å². The van der Waals surface area contributed by atoms with E-state index in [1.165, 1.54) is 0 Å². The van der Waals surface area contributed by atoms with Gasteiger partial charge in [0.05, 0.1) is 12.8 Å². The predicted octanol–water partition coefficient (Wildman–Crippen LogP) is 0.463. The van der Waals surface area contributed by atoms with Gasteiger partial charge in [-0.05, 0) is 12.5 Å². The fourth-order valence-corrected chi connectivity index (χ4v) is 1.07. The highest BCUT2D eigenvalue weighted by atomic mass is 16.3. The third-order valence-corrected chi connectivity index (χ3v) is 1.79. The first-order valence-electron chi connectivity index (χ1n) is 4.23. The summed E-state index contributed by atoms with van der Waals surface area (Å²) >= 11 is 0. The average molecular weight is 190 g/mol. The number of rotatable bonds is 2. The molecule has 2 aromatic heterocycles. The van der Waals surface area contributed by atoms with Gasteiger partial charge in [0.2, 0.25) is 5.95 Å². The number of aryl methyl sites for hydroxylation is 1. The van der Waals surface area contributed by atoms with Gasteiger partial charge in [0, 0.05) is 24.2 Å². The molecule has 0 amide bonds. The van der Waals surface area contributed by atoms with Crippen LogP contribution >= 0.6 is 0 Å². The standard InChI is InChI=1S/C9H10N4O/c1-7-2-12-13(5-7)9-10-3-8(6-14)4-11-9/h2-5,14H,6H2,1H3. The topological polar surface area (TPSA) is 63.8 Å². The van der Waals surface area contributed by atoms with E-state index in [1.807, 2.05) is 13.1 Å². The van der Waals surface area contributed by atoms with Crippen molar-refractivity contribution in [2.24, 2.45) is 0 Å². The van der Waals surface area contributed by atoms with Gasteiger partial charge >= 0.3 is 0 Å². The Kier molecular flexibility index (Phi) is 2.24. The van der Waals surface area contributed by atoms with Crippen LogP contribution in [0.25, 0.3) is 5.95 Å². The average Bonchev–Trinajstić information content (AvgIpc) is 2.65. The van der Waals surface area contributed by atoms with Gasteiger partial charge in [-0.3, -0.25) is 0 Å². The number of hydrogen-bond donors (Lipinski definition) is 1. The molecule has 0 saturated carbocycles. The van der Waals surface area contributed by atoms with Gasteiger partial charge in [0.25, 0.3) is 0 Å². The summed E-state index contributed by atoms with van der Waals surface area (Å²) in [7, 11) is 0. The zero-order valence-electron chi connectivity index (χ0n) is 7.75. The molecule has 0 unspecified atom stereocenters. The largest absolute Gasteiger partial charge is 0.392 e. The minimum atomic E-state index is -0.0432.